The fourth-order valence-corrected chi connectivity index (χ4v) is 10.5. The standard InChI is InChI=1S/C33H45N8O17P3/c1-17-10-25(43)54-22-12-21-19(11-20(17)22)18(2)13-33(3,4)41(21)9-5-6-24(42)35-7-8-36-32(45)56-28-27(44)23(14-53-60(49,50)58-61(51,52)57-59(46,47)48)55-31(28)40-16-39-26-29(34)37-15-38-30(26)40/h10-12,15-16,18,23,27-28,31,44H,5-9,13-14H2,1-4H3,(H,35,42)(H,36,45)(H,49,50)(H,51,52)(H2,34,37,38)(H2,46,47,48)/t18?,23-,27-,28-,31-/m1/s1. The van der Waals surface area contributed by atoms with Gasteiger partial charge in [0.1, 0.15) is 29.6 Å². The number of carbonyl (C=O) groups is 2. The molecule has 61 heavy (non-hydrogen) atoms. The number of aryl methyl sites for hydroxylation is 1. The van der Waals surface area contributed by atoms with Crippen LogP contribution in [0.4, 0.5) is 16.3 Å². The number of aliphatic hydroxyl groups is 1. The Kier molecular flexibility index (Phi) is 13.5. The van der Waals surface area contributed by atoms with E-state index in [0.29, 0.717) is 18.5 Å². The molecule has 0 bridgehead atoms. The molecule has 2 amide bonds. The van der Waals surface area contributed by atoms with E-state index in [0.717, 1.165) is 34.9 Å². The van der Waals surface area contributed by atoms with Crippen molar-refractivity contribution in [2.24, 2.45) is 0 Å². The summed E-state index contributed by atoms with van der Waals surface area (Å²) < 4.78 is 65.1. The normalized spacial score (nSPS) is 23.3. The van der Waals surface area contributed by atoms with Gasteiger partial charge in [-0.25, -0.2) is 38.2 Å². The number of alkyl carbamates (subject to hydrolysis) is 1. The van der Waals surface area contributed by atoms with Gasteiger partial charge < -0.3 is 59.8 Å². The molecule has 1 aromatic carbocycles. The van der Waals surface area contributed by atoms with Crippen molar-refractivity contribution < 1.29 is 75.0 Å². The van der Waals surface area contributed by atoms with Crippen molar-refractivity contribution in [3.63, 3.8) is 0 Å². The Morgan fingerprint density at radius 2 is 1.75 bits per heavy atom. The molecular formula is C33H45N8O17P3. The van der Waals surface area contributed by atoms with Gasteiger partial charge in [0.15, 0.2) is 23.8 Å². The van der Waals surface area contributed by atoms with Gasteiger partial charge in [-0.3, -0.25) is 13.9 Å². The minimum atomic E-state index is -5.85. The van der Waals surface area contributed by atoms with Gasteiger partial charge in [-0.15, -0.1) is 0 Å². The summed E-state index contributed by atoms with van der Waals surface area (Å²) in [5.74, 6) is -0.0702. The zero-order chi connectivity index (χ0) is 44.7. The predicted octanol–water partition coefficient (Wildman–Crippen LogP) is 2.21. The highest BCUT2D eigenvalue weighted by Gasteiger charge is 2.50. The number of nitrogens with zero attached hydrogens (tertiary/aromatic N) is 5. The molecule has 1 saturated heterocycles. The number of rotatable bonds is 16. The lowest BCUT2D eigenvalue weighted by Gasteiger charge is -2.47. The molecule has 1 fully saturated rings. The van der Waals surface area contributed by atoms with Gasteiger partial charge >= 0.3 is 35.2 Å². The van der Waals surface area contributed by atoms with E-state index in [2.05, 4.69) is 70.5 Å². The maximum absolute atomic E-state index is 13.0. The smallest absolute Gasteiger partial charge is 0.439 e. The van der Waals surface area contributed by atoms with E-state index >= 15 is 0 Å². The molecule has 0 saturated carbocycles. The molecule has 3 aromatic heterocycles. The first-order valence-corrected chi connectivity index (χ1v) is 23.1. The van der Waals surface area contributed by atoms with Crippen molar-refractivity contribution in [1.29, 1.82) is 0 Å². The van der Waals surface area contributed by atoms with Crippen LogP contribution < -0.4 is 26.9 Å². The molecule has 6 rings (SSSR count). The number of anilines is 2. The number of ether oxygens (including phenoxy) is 2. The molecule has 3 unspecified atom stereocenters. The van der Waals surface area contributed by atoms with E-state index < -0.39 is 66.3 Å². The average Bonchev–Trinajstić information content (AvgIpc) is 3.69. The van der Waals surface area contributed by atoms with Gasteiger partial charge in [0.2, 0.25) is 5.91 Å². The number of nitrogen functional groups attached to an aromatic ring is 1. The summed E-state index contributed by atoms with van der Waals surface area (Å²) in [4.78, 5) is 89.1. The van der Waals surface area contributed by atoms with Gasteiger partial charge in [-0.1, -0.05) is 6.92 Å². The largest absolute Gasteiger partial charge is 0.490 e. The van der Waals surface area contributed by atoms with Crippen LogP contribution in [0.25, 0.3) is 22.1 Å². The molecule has 2 aliphatic heterocycles. The van der Waals surface area contributed by atoms with Crippen molar-refractivity contribution >= 4 is 69.1 Å². The highest BCUT2D eigenvalue weighted by Crippen LogP contribution is 2.66. The number of phosphoric acid groups is 3. The minimum absolute atomic E-state index is 0.00788. The van der Waals surface area contributed by atoms with Crippen LogP contribution in [-0.2, 0) is 41.1 Å². The van der Waals surface area contributed by atoms with Gasteiger partial charge in [-0.05, 0) is 56.7 Å². The van der Waals surface area contributed by atoms with Gasteiger partial charge in [0.05, 0.1) is 12.9 Å². The Morgan fingerprint density at radius 3 is 2.48 bits per heavy atom. The van der Waals surface area contributed by atoms with Crippen molar-refractivity contribution in [1.82, 2.24) is 30.2 Å². The van der Waals surface area contributed by atoms with Crippen LogP contribution in [-0.4, -0.2) is 106 Å². The second-order valence-electron chi connectivity index (χ2n) is 15.0. The maximum atomic E-state index is 13.0. The Balaban J connectivity index is 1.03. The van der Waals surface area contributed by atoms with Gasteiger partial charge in [-0.2, -0.15) is 8.62 Å². The molecule has 25 nitrogen and oxygen atoms in total. The lowest BCUT2D eigenvalue weighted by Crippen LogP contribution is -2.49. The number of hydrogen-bond acceptors (Lipinski definition) is 18. The molecule has 0 aliphatic carbocycles. The summed E-state index contributed by atoms with van der Waals surface area (Å²) in [6, 6.07) is 5.44. The lowest BCUT2D eigenvalue weighted by molar-refractivity contribution is -0.121. The van der Waals surface area contributed by atoms with E-state index in [4.69, 9.17) is 29.4 Å². The van der Waals surface area contributed by atoms with Crippen LogP contribution in [0.3, 0.4) is 0 Å². The number of nitrogens with one attached hydrogen (secondary N) is 2. The van der Waals surface area contributed by atoms with Crippen LogP contribution in [0.5, 0.6) is 0 Å². The Hall–Kier alpha value is -4.35. The third kappa shape index (κ3) is 11.0. The van der Waals surface area contributed by atoms with Crippen LogP contribution >= 0.6 is 23.5 Å². The van der Waals surface area contributed by atoms with E-state index in [-0.39, 0.29) is 53.9 Å². The van der Waals surface area contributed by atoms with Crippen LogP contribution in [0.2, 0.25) is 0 Å². The predicted molar refractivity (Wildman–Crippen MR) is 212 cm³/mol. The molecule has 4 aromatic rings. The van der Waals surface area contributed by atoms with E-state index in [9.17, 15) is 43.0 Å². The quantitative estimate of drug-likeness (QED) is 0.0453. The van der Waals surface area contributed by atoms with Crippen LogP contribution in [0.15, 0.2) is 40.1 Å². The van der Waals surface area contributed by atoms with E-state index in [1.165, 1.54) is 17.0 Å². The van der Waals surface area contributed by atoms with Crippen molar-refractivity contribution in [2.75, 3.05) is 36.9 Å². The van der Waals surface area contributed by atoms with Crippen molar-refractivity contribution in [3.8, 4) is 0 Å². The number of hydrogen-bond donors (Lipinski definition) is 8. The third-order valence-corrected chi connectivity index (χ3v) is 13.8. The molecule has 0 radical (unpaired) electrons. The number of benzene rings is 1. The number of phosphoric ester groups is 1. The monoisotopic (exact) mass is 918 g/mol. The highest BCUT2D eigenvalue weighted by atomic mass is 31.3. The molecule has 7 atom stereocenters. The Labute approximate surface area is 346 Å². The van der Waals surface area contributed by atoms with Crippen LogP contribution in [0.1, 0.15) is 63.3 Å². The fourth-order valence-electron chi connectivity index (χ4n) is 7.47. The molecular weight excluding hydrogens is 873 g/mol. The fraction of sp³-hybridized carbons (Fsp3) is 0.515. The molecule has 2 aliphatic rings. The number of imidazole rings is 1. The molecule has 5 heterocycles. The molecule has 334 valence electrons. The highest BCUT2D eigenvalue weighted by molar-refractivity contribution is 7.66. The van der Waals surface area contributed by atoms with E-state index in [1.807, 2.05) is 13.0 Å². The summed E-state index contributed by atoms with van der Waals surface area (Å²) >= 11 is 0. The molecule has 9 N–H and O–H groups in total. The molecule has 0 spiro atoms. The maximum Gasteiger partial charge on any atom is 0.490 e. The second kappa shape index (κ2) is 17.8. The van der Waals surface area contributed by atoms with E-state index in [1.54, 1.807) is 0 Å². The Morgan fingerprint density at radius 1 is 1.03 bits per heavy atom. The number of fused-ring (bicyclic) bond motifs is 3. The first-order valence-electron chi connectivity index (χ1n) is 18.6. The number of nitrogens with two attached hydrogens (primary N) is 1. The summed E-state index contributed by atoms with van der Waals surface area (Å²) in [6.45, 7) is 7.61. The SMILES string of the molecule is Cc1cc(=O)oc2cc3c(cc12)C(C)CC(C)(C)N3CCCC(=O)NCCNC(=O)O[C@@H]1[C@H](O)[C@@H](COP(=O)(O)OP(=O)(O)OP(=O)(O)O)O[C@H]1n1cnc2c(N)ncnc21. The summed E-state index contributed by atoms with van der Waals surface area (Å²) in [6.07, 6.45) is -3.82. The summed E-state index contributed by atoms with van der Waals surface area (Å²) in [5.41, 5.74) is 8.76. The van der Waals surface area contributed by atoms with Crippen LogP contribution in [0, 0.1) is 6.92 Å². The van der Waals surface area contributed by atoms with Gasteiger partial charge in [0, 0.05) is 54.8 Å². The Bertz CT molecular complexity index is 2510. The second-order valence-corrected chi connectivity index (χ2v) is 19.4. The van der Waals surface area contributed by atoms with Crippen molar-refractivity contribution in [2.45, 2.75) is 83.0 Å². The minimum Gasteiger partial charge on any atom is -0.439 e. The molecule has 28 heteroatoms. The summed E-state index contributed by atoms with van der Waals surface area (Å²) in [7, 11) is -17.1. The number of carbonyl (C=O) groups excluding carboxylic acids is 2. The topological polar surface area (TPSA) is 360 Å². The first kappa shape index (κ1) is 46.2. The van der Waals surface area contributed by atoms with Gasteiger partial charge in [0.25, 0.3) is 0 Å². The zero-order valence-corrected chi connectivity index (χ0v) is 35.7. The summed E-state index contributed by atoms with van der Waals surface area (Å²) in [5, 5.41) is 17.2. The average molecular weight is 919 g/mol. The number of aliphatic hydroxyl groups excluding tert-OH is 1. The van der Waals surface area contributed by atoms with Crippen molar-refractivity contribution in [3.05, 3.63) is 52.4 Å². The third-order valence-electron chi connectivity index (χ3n) is 9.99. The first-order chi connectivity index (χ1) is 28.4. The number of aromatic nitrogens is 4. The number of amides is 2. The lowest BCUT2D eigenvalue weighted by atomic mass is 9.79. The zero-order valence-electron chi connectivity index (χ0n) is 33.0.